The Labute approximate surface area is 204 Å². The summed E-state index contributed by atoms with van der Waals surface area (Å²) in [7, 11) is 0. The van der Waals surface area contributed by atoms with Gasteiger partial charge < -0.3 is 24.7 Å². The lowest BCUT2D eigenvalue weighted by Crippen LogP contribution is -2.60. The number of Topliss-reactive ketones (excluding diaryl/α,β-unsaturated/α-hetero) is 1. The number of hydrogen-bond donors (Lipinski definition) is 2. The molecule has 36 heavy (non-hydrogen) atoms. The zero-order valence-electron chi connectivity index (χ0n) is 19.8. The van der Waals surface area contributed by atoms with Crippen molar-refractivity contribution in [3.63, 3.8) is 0 Å². The molecule has 4 rings (SSSR count). The van der Waals surface area contributed by atoms with Gasteiger partial charge in [-0.05, 0) is 26.8 Å². The zero-order valence-corrected chi connectivity index (χ0v) is 19.8. The topological polar surface area (TPSA) is 130 Å². The number of amides is 2. The third kappa shape index (κ3) is 4.12. The van der Waals surface area contributed by atoms with Crippen LogP contribution in [0.3, 0.4) is 0 Å². The number of rotatable bonds is 3. The van der Waals surface area contributed by atoms with Crippen LogP contribution >= 0.6 is 0 Å². The average Bonchev–Trinajstić information content (AvgIpc) is 2.83. The molecule has 2 atom stereocenters. The van der Waals surface area contributed by atoms with Gasteiger partial charge in [-0.15, -0.1) is 0 Å². The fourth-order valence-corrected chi connectivity index (χ4v) is 4.40. The number of ketones is 1. The molecule has 2 N–H and O–H groups in total. The SMILES string of the molecule is C/C1=N/OCC[C@H](C)N2CC(C)(C1=O)n1cc(C(=O)NCc3ccc(F)cc3F)c(=O)c(O)c1C2=O. The third-order valence-corrected chi connectivity index (χ3v) is 6.53. The normalized spacial score (nSPS) is 23.3. The first-order valence-corrected chi connectivity index (χ1v) is 11.2. The number of carbonyl (C=O) groups excluding carboxylic acids is 3. The Morgan fingerprint density at radius 2 is 2.03 bits per heavy atom. The number of hydrogen-bond acceptors (Lipinski definition) is 7. The number of oxime groups is 1. The molecule has 10 nitrogen and oxygen atoms in total. The number of pyridine rings is 1. The molecule has 2 aromatic rings. The average molecular weight is 502 g/mol. The summed E-state index contributed by atoms with van der Waals surface area (Å²) in [6.07, 6.45) is 1.42. The summed E-state index contributed by atoms with van der Waals surface area (Å²) in [5.74, 6) is -4.88. The minimum atomic E-state index is -1.53. The Kier molecular flexibility index (Phi) is 6.37. The highest BCUT2D eigenvalue weighted by Crippen LogP contribution is 2.33. The third-order valence-electron chi connectivity index (χ3n) is 6.53. The van der Waals surface area contributed by atoms with Crippen molar-refractivity contribution in [2.45, 2.75) is 45.3 Å². The van der Waals surface area contributed by atoms with E-state index in [0.29, 0.717) is 12.5 Å². The maximum absolute atomic E-state index is 14.0. The predicted octanol–water partition coefficient (Wildman–Crippen LogP) is 1.69. The summed E-state index contributed by atoms with van der Waals surface area (Å²) in [6.45, 7) is 4.36. The van der Waals surface area contributed by atoms with Crippen molar-refractivity contribution in [1.82, 2.24) is 14.8 Å². The Morgan fingerprint density at radius 3 is 2.72 bits per heavy atom. The summed E-state index contributed by atoms with van der Waals surface area (Å²) in [5, 5.41) is 17.0. The molecule has 0 spiro atoms. The zero-order chi connectivity index (χ0) is 26.4. The Balaban J connectivity index is 1.80. The lowest BCUT2D eigenvalue weighted by atomic mass is 9.87. The molecule has 12 heteroatoms. The smallest absolute Gasteiger partial charge is 0.274 e. The largest absolute Gasteiger partial charge is 0.503 e. The van der Waals surface area contributed by atoms with Gasteiger partial charge in [-0.3, -0.25) is 19.2 Å². The van der Waals surface area contributed by atoms with Crippen molar-refractivity contribution in [2.75, 3.05) is 13.2 Å². The van der Waals surface area contributed by atoms with Crippen molar-refractivity contribution >= 4 is 23.3 Å². The molecule has 190 valence electrons. The van der Waals surface area contributed by atoms with E-state index in [1.807, 2.05) is 0 Å². The van der Waals surface area contributed by atoms with Gasteiger partial charge in [-0.2, -0.15) is 0 Å². The number of halogens is 2. The Hall–Kier alpha value is -4.09. The number of aromatic hydroxyl groups is 1. The second-order valence-electron chi connectivity index (χ2n) is 9.04. The fourth-order valence-electron chi connectivity index (χ4n) is 4.40. The molecule has 2 amide bonds. The van der Waals surface area contributed by atoms with E-state index < -0.39 is 63.2 Å². The van der Waals surface area contributed by atoms with Gasteiger partial charge in [0.15, 0.2) is 11.4 Å². The number of benzene rings is 1. The van der Waals surface area contributed by atoms with Crippen LogP contribution in [0.15, 0.2) is 34.3 Å². The maximum Gasteiger partial charge on any atom is 0.274 e. The Bertz CT molecular complexity index is 1370. The maximum atomic E-state index is 14.0. The monoisotopic (exact) mass is 502 g/mol. The van der Waals surface area contributed by atoms with Crippen LogP contribution in [-0.2, 0) is 21.7 Å². The Morgan fingerprint density at radius 1 is 1.31 bits per heavy atom. The van der Waals surface area contributed by atoms with Gasteiger partial charge >= 0.3 is 0 Å². The summed E-state index contributed by atoms with van der Waals surface area (Å²) < 4.78 is 28.2. The van der Waals surface area contributed by atoms with Gasteiger partial charge in [0.05, 0.1) is 6.54 Å². The molecular formula is C24H24F2N4O6. The van der Waals surface area contributed by atoms with Crippen molar-refractivity contribution in [3.8, 4) is 5.75 Å². The molecule has 2 aliphatic rings. The van der Waals surface area contributed by atoms with Crippen LogP contribution in [0.5, 0.6) is 5.75 Å². The molecule has 0 fully saturated rings. The van der Waals surface area contributed by atoms with Crippen LogP contribution in [-0.4, -0.2) is 57.1 Å². The van der Waals surface area contributed by atoms with Gasteiger partial charge in [0.25, 0.3) is 11.8 Å². The molecule has 0 saturated carbocycles. The lowest BCUT2D eigenvalue weighted by molar-refractivity contribution is -0.122. The van der Waals surface area contributed by atoms with Gasteiger partial charge in [-0.25, -0.2) is 8.78 Å². The number of aromatic nitrogens is 1. The van der Waals surface area contributed by atoms with Crippen LogP contribution in [0.2, 0.25) is 0 Å². The second-order valence-corrected chi connectivity index (χ2v) is 9.04. The van der Waals surface area contributed by atoms with E-state index in [4.69, 9.17) is 4.84 Å². The number of carbonyl (C=O) groups is 3. The standard InChI is InChI=1S/C24H24F2N4O6/c1-12-6-7-36-28-13(2)21(33)24(3)11-29(12)23(35)18-20(32)19(31)16(10-30(18)24)22(34)27-9-14-4-5-15(25)8-17(14)26/h4-5,8,10,12,32H,6-7,9,11H2,1-3H3,(H,27,34)/b28-13-/t12-,24?/m0/s1. The van der Waals surface area contributed by atoms with Gasteiger partial charge in [-0.1, -0.05) is 11.2 Å². The molecule has 0 saturated heterocycles. The second kappa shape index (κ2) is 9.17. The lowest BCUT2D eigenvalue weighted by Gasteiger charge is -2.45. The van der Waals surface area contributed by atoms with E-state index in [1.54, 1.807) is 6.92 Å². The van der Waals surface area contributed by atoms with Crippen molar-refractivity contribution in [2.24, 2.45) is 5.16 Å². The van der Waals surface area contributed by atoms with Crippen LogP contribution < -0.4 is 10.7 Å². The van der Waals surface area contributed by atoms with Crippen LogP contribution in [0.25, 0.3) is 0 Å². The molecular weight excluding hydrogens is 478 g/mol. The number of nitrogens with zero attached hydrogens (tertiary/aromatic N) is 3. The first-order chi connectivity index (χ1) is 17.0. The molecule has 2 aliphatic heterocycles. The highest BCUT2D eigenvalue weighted by molar-refractivity contribution is 6.41. The molecule has 1 aromatic heterocycles. The fraction of sp³-hybridized carbons (Fsp3) is 0.375. The number of nitrogens with one attached hydrogen (secondary N) is 1. The minimum Gasteiger partial charge on any atom is -0.503 e. The summed E-state index contributed by atoms with van der Waals surface area (Å²) >= 11 is 0. The highest BCUT2D eigenvalue weighted by atomic mass is 19.1. The predicted molar refractivity (Wildman–Crippen MR) is 123 cm³/mol. The van der Waals surface area contributed by atoms with Crippen molar-refractivity contribution in [1.29, 1.82) is 0 Å². The number of fused-ring (bicyclic) bond motifs is 4. The molecule has 0 radical (unpaired) electrons. The van der Waals surface area contributed by atoms with E-state index >= 15 is 0 Å². The van der Waals surface area contributed by atoms with E-state index in [9.17, 15) is 33.1 Å². The summed E-state index contributed by atoms with van der Waals surface area (Å²) in [6, 6.07) is 2.40. The van der Waals surface area contributed by atoms with Crippen molar-refractivity contribution in [3.05, 3.63) is 63.1 Å². The first-order valence-electron chi connectivity index (χ1n) is 11.2. The van der Waals surface area contributed by atoms with Gasteiger partial charge in [0, 0.05) is 36.8 Å². The first kappa shape index (κ1) is 25.0. The van der Waals surface area contributed by atoms with E-state index in [2.05, 4.69) is 10.5 Å². The molecule has 2 bridgehead atoms. The quantitative estimate of drug-likeness (QED) is 0.657. The van der Waals surface area contributed by atoms with E-state index in [-0.39, 0.29) is 31.0 Å². The highest BCUT2D eigenvalue weighted by Gasteiger charge is 2.48. The summed E-state index contributed by atoms with van der Waals surface area (Å²) in [5.41, 5.74) is -3.68. The summed E-state index contributed by atoms with van der Waals surface area (Å²) in [4.78, 5) is 59.1. The molecule has 3 heterocycles. The van der Waals surface area contributed by atoms with Crippen LogP contribution in [0.4, 0.5) is 8.78 Å². The van der Waals surface area contributed by atoms with Crippen molar-refractivity contribution < 1.29 is 33.1 Å². The minimum absolute atomic E-state index is 0.00304. The van der Waals surface area contributed by atoms with E-state index in [0.717, 1.165) is 22.9 Å². The van der Waals surface area contributed by atoms with Crippen LogP contribution in [0.1, 0.15) is 53.6 Å². The molecule has 1 aromatic carbocycles. The van der Waals surface area contributed by atoms with Crippen LogP contribution in [0, 0.1) is 11.6 Å². The molecule has 0 aliphatic carbocycles. The van der Waals surface area contributed by atoms with E-state index in [1.165, 1.54) is 18.7 Å². The van der Waals surface area contributed by atoms with Gasteiger partial charge in [0.1, 0.15) is 35.1 Å². The van der Waals surface area contributed by atoms with Gasteiger partial charge in [0.2, 0.25) is 11.2 Å². The molecule has 1 unspecified atom stereocenters.